The standard InChI is InChI=1S/C24H24ClN9O2/c1-26-22(35)18-4-2-3-5-20(18)30-21-19(25)14-27-23(31-21)29-16-6-8-17(9-7-16)34-15-28-24(32-34)33-10-12-36-13-11-33/h2-9,14-15H,10-13H2,1H3,(H,26,35)(H2,27,29,30,31). The second-order valence-corrected chi connectivity index (χ2v) is 8.31. The molecule has 1 aliphatic rings. The first-order valence-electron chi connectivity index (χ1n) is 11.3. The third kappa shape index (κ3) is 5.21. The maximum atomic E-state index is 12.2. The predicted octanol–water partition coefficient (Wildman–Crippen LogP) is 3.39. The molecule has 36 heavy (non-hydrogen) atoms. The molecule has 0 radical (unpaired) electrons. The zero-order chi connectivity index (χ0) is 24.9. The van der Waals surface area contributed by atoms with E-state index in [1.54, 1.807) is 36.3 Å². The van der Waals surface area contributed by atoms with E-state index in [-0.39, 0.29) is 5.91 Å². The van der Waals surface area contributed by atoms with Gasteiger partial charge in [0.2, 0.25) is 11.9 Å². The first-order chi connectivity index (χ1) is 17.6. The monoisotopic (exact) mass is 505 g/mol. The van der Waals surface area contributed by atoms with E-state index in [0.717, 1.165) is 24.5 Å². The van der Waals surface area contributed by atoms with Crippen molar-refractivity contribution in [2.24, 2.45) is 0 Å². The van der Waals surface area contributed by atoms with Crippen molar-refractivity contribution in [3.63, 3.8) is 0 Å². The van der Waals surface area contributed by atoms with Crippen molar-refractivity contribution in [2.75, 3.05) is 48.9 Å². The SMILES string of the molecule is CNC(=O)c1ccccc1Nc1nc(Nc2ccc(-n3cnc(N4CCOCC4)n3)cc2)ncc1Cl. The number of benzene rings is 2. The Morgan fingerprint density at radius 1 is 1.03 bits per heavy atom. The summed E-state index contributed by atoms with van der Waals surface area (Å²) in [7, 11) is 1.58. The molecule has 1 saturated heterocycles. The summed E-state index contributed by atoms with van der Waals surface area (Å²) < 4.78 is 7.12. The third-order valence-corrected chi connectivity index (χ3v) is 5.83. The Bertz CT molecular complexity index is 1350. The van der Waals surface area contributed by atoms with Gasteiger partial charge in [-0.1, -0.05) is 23.7 Å². The van der Waals surface area contributed by atoms with Gasteiger partial charge in [-0.3, -0.25) is 4.79 Å². The van der Waals surface area contributed by atoms with Crippen molar-refractivity contribution in [2.45, 2.75) is 0 Å². The Morgan fingerprint density at radius 3 is 2.58 bits per heavy atom. The second-order valence-electron chi connectivity index (χ2n) is 7.90. The van der Waals surface area contributed by atoms with Gasteiger partial charge < -0.3 is 25.6 Å². The number of amides is 1. The molecule has 2 aromatic heterocycles. The normalized spacial score (nSPS) is 13.3. The van der Waals surface area contributed by atoms with Gasteiger partial charge in [-0.05, 0) is 36.4 Å². The minimum Gasteiger partial charge on any atom is -0.378 e. The first-order valence-corrected chi connectivity index (χ1v) is 11.7. The van der Waals surface area contributed by atoms with Crippen LogP contribution >= 0.6 is 11.6 Å². The highest BCUT2D eigenvalue weighted by molar-refractivity contribution is 6.33. The number of para-hydroxylation sites is 1. The number of carbonyl (C=O) groups is 1. The zero-order valence-corrected chi connectivity index (χ0v) is 20.2. The average Bonchev–Trinajstić information content (AvgIpc) is 3.42. The second kappa shape index (κ2) is 10.6. The first kappa shape index (κ1) is 23.5. The largest absolute Gasteiger partial charge is 0.378 e. The molecule has 0 spiro atoms. The summed E-state index contributed by atoms with van der Waals surface area (Å²) >= 11 is 6.32. The molecule has 0 atom stereocenters. The van der Waals surface area contributed by atoms with Gasteiger partial charge in [0.25, 0.3) is 5.91 Å². The highest BCUT2D eigenvalue weighted by Gasteiger charge is 2.16. The molecule has 0 unspecified atom stereocenters. The number of hydrogen-bond acceptors (Lipinski definition) is 9. The fourth-order valence-corrected chi connectivity index (χ4v) is 3.82. The highest BCUT2D eigenvalue weighted by atomic mass is 35.5. The molecule has 11 nitrogen and oxygen atoms in total. The Labute approximate surface area is 212 Å². The van der Waals surface area contributed by atoms with Crippen LogP contribution in [-0.4, -0.2) is 64.0 Å². The topological polar surface area (TPSA) is 122 Å². The Balaban J connectivity index is 1.29. The van der Waals surface area contributed by atoms with E-state index in [9.17, 15) is 4.79 Å². The minimum atomic E-state index is -0.217. The molecule has 1 aliphatic heterocycles. The molecule has 3 N–H and O–H groups in total. The fourth-order valence-electron chi connectivity index (χ4n) is 3.68. The molecule has 3 heterocycles. The maximum absolute atomic E-state index is 12.2. The van der Waals surface area contributed by atoms with E-state index in [4.69, 9.17) is 16.3 Å². The number of morpholine rings is 1. The summed E-state index contributed by atoms with van der Waals surface area (Å²) in [6, 6.07) is 14.8. The highest BCUT2D eigenvalue weighted by Crippen LogP contribution is 2.27. The Kier molecular flexibility index (Phi) is 6.92. The fraction of sp³-hybridized carbons (Fsp3) is 0.208. The van der Waals surface area contributed by atoms with Crippen LogP contribution in [0.5, 0.6) is 0 Å². The number of carbonyl (C=O) groups excluding carboxylic acids is 1. The lowest BCUT2D eigenvalue weighted by Gasteiger charge is -2.25. The number of nitrogens with one attached hydrogen (secondary N) is 3. The predicted molar refractivity (Wildman–Crippen MR) is 138 cm³/mol. The van der Waals surface area contributed by atoms with E-state index in [1.165, 1.54) is 6.20 Å². The van der Waals surface area contributed by atoms with Gasteiger partial charge >= 0.3 is 0 Å². The summed E-state index contributed by atoms with van der Waals surface area (Å²) in [5.74, 6) is 1.20. The van der Waals surface area contributed by atoms with Crippen LogP contribution in [0.4, 0.5) is 29.1 Å². The minimum absolute atomic E-state index is 0.217. The number of anilines is 5. The van der Waals surface area contributed by atoms with Crippen LogP contribution in [-0.2, 0) is 4.74 Å². The average molecular weight is 506 g/mol. The smallest absolute Gasteiger partial charge is 0.253 e. The molecule has 2 aromatic carbocycles. The number of ether oxygens (including phenoxy) is 1. The summed E-state index contributed by atoms with van der Waals surface area (Å²) in [6.45, 7) is 2.92. The molecular formula is C24H24ClN9O2. The van der Waals surface area contributed by atoms with Crippen LogP contribution in [0.1, 0.15) is 10.4 Å². The summed E-state index contributed by atoms with van der Waals surface area (Å²) in [4.78, 5) is 27.5. The molecule has 5 rings (SSSR count). The van der Waals surface area contributed by atoms with Crippen LogP contribution in [0.2, 0.25) is 5.02 Å². The van der Waals surface area contributed by atoms with E-state index in [0.29, 0.717) is 47.2 Å². The molecule has 1 fully saturated rings. The van der Waals surface area contributed by atoms with Gasteiger partial charge in [-0.25, -0.2) is 9.67 Å². The molecule has 0 bridgehead atoms. The van der Waals surface area contributed by atoms with Crippen LogP contribution in [0.3, 0.4) is 0 Å². The van der Waals surface area contributed by atoms with Crippen molar-refractivity contribution >= 4 is 46.6 Å². The van der Waals surface area contributed by atoms with E-state index in [1.807, 2.05) is 30.3 Å². The number of hydrogen-bond donors (Lipinski definition) is 3. The van der Waals surface area contributed by atoms with Gasteiger partial charge in [0.05, 0.1) is 36.3 Å². The number of rotatable bonds is 7. The molecular weight excluding hydrogens is 482 g/mol. The lowest BCUT2D eigenvalue weighted by molar-refractivity contribution is 0.0964. The van der Waals surface area contributed by atoms with E-state index >= 15 is 0 Å². The van der Waals surface area contributed by atoms with Crippen molar-refractivity contribution in [3.8, 4) is 5.69 Å². The van der Waals surface area contributed by atoms with Gasteiger partial charge in [0.1, 0.15) is 11.3 Å². The molecule has 0 saturated carbocycles. The van der Waals surface area contributed by atoms with Gasteiger partial charge in [0, 0.05) is 25.8 Å². The maximum Gasteiger partial charge on any atom is 0.253 e. The summed E-state index contributed by atoms with van der Waals surface area (Å²) in [5, 5.41) is 13.8. The van der Waals surface area contributed by atoms with Crippen LogP contribution in [0, 0.1) is 0 Å². The lowest BCUT2D eigenvalue weighted by atomic mass is 10.1. The van der Waals surface area contributed by atoms with Crippen LogP contribution in [0.15, 0.2) is 61.1 Å². The van der Waals surface area contributed by atoms with Gasteiger partial charge in [-0.15, -0.1) is 5.10 Å². The summed E-state index contributed by atoms with van der Waals surface area (Å²) in [6.07, 6.45) is 3.20. The molecule has 1 amide bonds. The molecule has 0 aliphatic carbocycles. The number of nitrogens with zero attached hydrogens (tertiary/aromatic N) is 6. The van der Waals surface area contributed by atoms with Crippen molar-refractivity contribution in [1.29, 1.82) is 0 Å². The molecule has 4 aromatic rings. The number of aromatic nitrogens is 5. The molecule has 12 heteroatoms. The van der Waals surface area contributed by atoms with Gasteiger partial charge in [0.15, 0.2) is 5.82 Å². The van der Waals surface area contributed by atoms with Crippen LogP contribution < -0.4 is 20.9 Å². The van der Waals surface area contributed by atoms with Crippen molar-refractivity contribution < 1.29 is 9.53 Å². The zero-order valence-electron chi connectivity index (χ0n) is 19.5. The molecule has 184 valence electrons. The quantitative estimate of drug-likeness (QED) is 0.347. The number of halogens is 1. The van der Waals surface area contributed by atoms with E-state index in [2.05, 4.69) is 40.9 Å². The Hall–Kier alpha value is -4.22. The lowest BCUT2D eigenvalue weighted by Crippen LogP contribution is -2.37. The Morgan fingerprint density at radius 2 is 1.81 bits per heavy atom. The van der Waals surface area contributed by atoms with Crippen LogP contribution in [0.25, 0.3) is 5.69 Å². The van der Waals surface area contributed by atoms with Gasteiger partial charge in [-0.2, -0.15) is 9.97 Å². The third-order valence-electron chi connectivity index (χ3n) is 5.56. The van der Waals surface area contributed by atoms with E-state index < -0.39 is 0 Å². The van der Waals surface area contributed by atoms with Crippen molar-refractivity contribution in [3.05, 3.63) is 71.6 Å². The van der Waals surface area contributed by atoms with Crippen molar-refractivity contribution in [1.82, 2.24) is 30.0 Å². The summed E-state index contributed by atoms with van der Waals surface area (Å²) in [5.41, 5.74) is 2.71.